The lowest BCUT2D eigenvalue weighted by Gasteiger charge is -2.14. The molecule has 0 spiro atoms. The molecule has 0 bridgehead atoms. The van der Waals surface area contributed by atoms with Gasteiger partial charge in [0.1, 0.15) is 0 Å². The van der Waals surface area contributed by atoms with Crippen molar-refractivity contribution in [2.45, 2.75) is 0 Å². The molecule has 4 aromatic rings. The zero-order valence-corrected chi connectivity index (χ0v) is 39.8. The van der Waals surface area contributed by atoms with Crippen LogP contribution in [0.5, 0.6) is 11.5 Å². The zero-order chi connectivity index (χ0) is 61.9. The average molecular weight is 1310 g/mol. The van der Waals surface area contributed by atoms with Crippen LogP contribution in [-0.4, -0.2) is 44.8 Å². The molecule has 60 nitrogen and oxygen atoms in total. The first kappa shape index (κ1) is 71.1. The summed E-state index contributed by atoms with van der Waals surface area (Å²) in [5, 5.41) is 245. The van der Waals surface area contributed by atoms with E-state index in [0.717, 1.165) is 0 Å². The molecule has 0 fully saturated rings. The zero-order valence-electron chi connectivity index (χ0n) is 39.8. The lowest BCUT2D eigenvalue weighted by Crippen LogP contribution is -2.30. The van der Waals surface area contributed by atoms with Gasteiger partial charge >= 0.3 is 14.2 Å². The Morgan fingerprint density at radius 1 is 0.193 bits per heavy atom. The number of hydrogen-bond acceptors (Lipinski definition) is 60. The lowest BCUT2D eigenvalue weighted by molar-refractivity contribution is -0.903. The monoisotopic (exact) mass is 1310 g/mol. The molecule has 6 N–H and O–H groups in total. The van der Waals surface area contributed by atoms with Crippen molar-refractivity contribution in [1.82, 2.24) is 0 Å². The molecular weight excluding hydrogens is 1290 g/mol. The highest BCUT2D eigenvalue weighted by Crippen LogP contribution is 2.55. The highest BCUT2D eigenvalue weighted by Gasteiger charge is 2.35. The molecule has 488 valence electrons. The van der Waals surface area contributed by atoms with Crippen LogP contribution in [0.1, 0.15) is 22.3 Å². The van der Waals surface area contributed by atoms with Gasteiger partial charge in [-0.1, -0.05) is 36.4 Å². The van der Waals surface area contributed by atoms with Crippen molar-refractivity contribution in [2.75, 3.05) is 0 Å². The van der Waals surface area contributed by atoms with Gasteiger partial charge in [-0.2, -0.15) is 0 Å². The predicted octanol–water partition coefficient (Wildman–Crippen LogP) is -1.84. The van der Waals surface area contributed by atoms with E-state index in [1.165, 1.54) is 48.5 Å². The maximum atomic E-state index is 10.2. The van der Waals surface area contributed by atoms with E-state index >= 15 is 0 Å². The summed E-state index contributed by atoms with van der Waals surface area (Å²) >= 11 is 0. The summed E-state index contributed by atoms with van der Waals surface area (Å²) < 4.78 is 0. The van der Waals surface area contributed by atoms with Crippen LogP contribution in [-0.2, 0) is 262 Å². The molecule has 2 aliphatic carbocycles. The summed E-state index contributed by atoms with van der Waals surface area (Å²) in [7, 11) is -3.84. The van der Waals surface area contributed by atoms with Crippen molar-refractivity contribution >= 4 is 36.3 Å². The molecule has 0 heterocycles. The fourth-order valence-electron chi connectivity index (χ4n) is 5.84. The van der Waals surface area contributed by atoms with Crippen molar-refractivity contribution in [3.63, 3.8) is 0 Å². The van der Waals surface area contributed by atoms with Crippen LogP contribution >= 0.6 is 0 Å². The summed E-state index contributed by atoms with van der Waals surface area (Å²) in [5.41, 5.74) is 5.03. The quantitative estimate of drug-likeness (QED) is 0.0106. The molecule has 0 radical (unpaired) electrons. The largest absolute Gasteiger partial charge is 0.488 e. The second-order valence-corrected chi connectivity index (χ2v) is 12.2. The highest BCUT2D eigenvalue weighted by molar-refractivity contribution is 6.59. The van der Waals surface area contributed by atoms with Gasteiger partial charge in [-0.05, 0) is 184 Å². The van der Waals surface area contributed by atoms with Crippen LogP contribution in [0.25, 0.3) is 33.4 Å². The van der Waals surface area contributed by atoms with E-state index in [1.807, 2.05) is 0 Å². The Hall–Kier alpha value is -5.97. The SMILES string of the molecule is OOOOOOOOOOOOOOOOOOOOOOOOOOOOc1ccc2c(c1)/C(=C1\c3cc(OOOOOOOOOOOOOOOOOOOOOOOOOOOO)ccc3-c3ccc(B(O)O)cc31)c1cc(B(O)O)ccc1-2. The second kappa shape index (κ2) is 44.5. The molecular formula is C26H18B2O60. The normalized spacial score (nSPS) is 13.1. The van der Waals surface area contributed by atoms with Crippen molar-refractivity contribution in [2.24, 2.45) is 0 Å². The van der Waals surface area contributed by atoms with Crippen molar-refractivity contribution in [3.05, 3.63) is 95.1 Å². The summed E-state index contributed by atoms with van der Waals surface area (Å²) in [4.78, 5) is 10.3. The number of benzene rings is 4. The maximum Gasteiger partial charge on any atom is 0.488 e. The third kappa shape index (κ3) is 26.2. The second-order valence-electron chi connectivity index (χ2n) is 12.2. The van der Waals surface area contributed by atoms with Gasteiger partial charge in [0.05, 0.1) is 0 Å². The highest BCUT2D eigenvalue weighted by atomic mass is 18.0. The van der Waals surface area contributed by atoms with E-state index < -0.39 is 14.2 Å². The summed E-state index contributed by atoms with van der Waals surface area (Å²) in [5.74, 6) is -0.139. The fraction of sp³-hybridized carbons (Fsp3) is 0. The van der Waals surface area contributed by atoms with Gasteiger partial charge in [0.25, 0.3) is 0 Å². The first-order chi connectivity index (χ1) is 43.4. The number of fused-ring (bicyclic) bond motifs is 6. The lowest BCUT2D eigenvalue weighted by atomic mass is 9.77. The average Bonchev–Trinajstić information content (AvgIpc) is 1.59. The summed E-state index contributed by atoms with van der Waals surface area (Å²) in [6.07, 6.45) is 0. The first-order valence-electron chi connectivity index (χ1n) is 19.8. The molecule has 0 saturated heterocycles. The Kier molecular flexibility index (Phi) is 35.9. The Morgan fingerprint density at radius 3 is 0.580 bits per heavy atom. The van der Waals surface area contributed by atoms with Gasteiger partial charge in [-0.3, -0.25) is 0 Å². The molecule has 0 atom stereocenters. The summed E-state index contributed by atoms with van der Waals surface area (Å²) in [6.45, 7) is 0. The van der Waals surface area contributed by atoms with Crippen LogP contribution < -0.4 is 20.7 Å². The first-order valence-corrected chi connectivity index (χ1v) is 19.8. The van der Waals surface area contributed by atoms with E-state index in [9.17, 15) is 20.1 Å². The number of hydrogen-bond donors (Lipinski definition) is 6. The van der Waals surface area contributed by atoms with E-state index in [0.29, 0.717) is 55.7 Å². The van der Waals surface area contributed by atoms with Crippen LogP contribution in [0, 0.1) is 0 Å². The molecule has 2 aliphatic rings. The molecule has 88 heavy (non-hydrogen) atoms. The molecule has 62 heteroatoms. The molecule has 0 unspecified atom stereocenters. The minimum Gasteiger partial charge on any atom is -0.423 e. The third-order valence-corrected chi connectivity index (χ3v) is 8.23. The summed E-state index contributed by atoms with van der Waals surface area (Å²) in [6, 6.07) is 18.2. The Balaban J connectivity index is 0.880. The van der Waals surface area contributed by atoms with Crippen molar-refractivity contribution < 1.29 is 302 Å². The van der Waals surface area contributed by atoms with Crippen LogP contribution in [0.2, 0.25) is 0 Å². The van der Waals surface area contributed by atoms with Crippen LogP contribution in [0.3, 0.4) is 0 Å². The van der Waals surface area contributed by atoms with Gasteiger partial charge in [0.2, 0.25) is 0 Å². The Bertz CT molecular complexity index is 2360. The molecule has 0 saturated carbocycles. The van der Waals surface area contributed by atoms with E-state index in [4.69, 9.17) is 20.3 Å². The fourth-order valence-corrected chi connectivity index (χ4v) is 5.84. The van der Waals surface area contributed by atoms with Crippen LogP contribution in [0.15, 0.2) is 72.8 Å². The Morgan fingerprint density at radius 2 is 0.375 bits per heavy atom. The maximum absolute atomic E-state index is 10.2. The van der Waals surface area contributed by atoms with E-state index in [-0.39, 0.29) is 22.4 Å². The minimum atomic E-state index is -1.92. The van der Waals surface area contributed by atoms with Gasteiger partial charge in [0, 0.05) is 181 Å². The van der Waals surface area contributed by atoms with Crippen molar-refractivity contribution in [3.8, 4) is 33.8 Å². The van der Waals surface area contributed by atoms with Gasteiger partial charge in [0.15, 0.2) is 11.5 Å². The third-order valence-electron chi connectivity index (χ3n) is 8.23. The Labute approximate surface area is 467 Å². The van der Waals surface area contributed by atoms with E-state index in [1.54, 1.807) is 24.3 Å². The smallest absolute Gasteiger partial charge is 0.423 e. The number of rotatable bonds is 56. The topological polar surface area (TPSA) is 620 Å². The van der Waals surface area contributed by atoms with Crippen LogP contribution in [0.4, 0.5) is 0 Å². The molecule has 0 aromatic heterocycles. The van der Waals surface area contributed by atoms with E-state index in [2.05, 4.69) is 262 Å². The molecule has 0 aliphatic heterocycles. The van der Waals surface area contributed by atoms with Gasteiger partial charge in [-0.25, -0.2) is 10.5 Å². The predicted molar refractivity (Wildman–Crippen MR) is 191 cm³/mol. The molecule has 0 amide bonds. The van der Waals surface area contributed by atoms with Gasteiger partial charge in [-0.15, -0.1) is 0 Å². The minimum absolute atomic E-state index is 0.0693. The standard InChI is InChI=1S/C26H18B2O60/c29-27(30)13-1-5-17-19-7-3-15(35-39-43-47-51-55-59-63-67-71-75-79-83-87-85-81-77-73-69-65-61-57-53-49-45-41-37-33)11-23(19)25(21(17)9-13)26-22-10-14(28(31)32)2-6-18(22)20-8-4-16(12-24(20)26)36-40-44-48-52-56-60-64-68-72-76-80-84-88-86-82-78-74-70-66-62-58-54-50-46-42-38-34/h1-12,29-34H/b26-25-. The van der Waals surface area contributed by atoms with Crippen molar-refractivity contribution in [1.29, 1.82) is 0 Å². The molecule has 4 aromatic carbocycles. The molecule has 6 rings (SSSR count). The van der Waals surface area contributed by atoms with Gasteiger partial charge < -0.3 is 29.9 Å².